The third-order valence-corrected chi connectivity index (χ3v) is 5.35. The Morgan fingerprint density at radius 3 is 2.83 bits per heavy atom. The molecule has 0 saturated carbocycles. The van der Waals surface area contributed by atoms with Crippen molar-refractivity contribution in [1.82, 2.24) is 4.90 Å². The molecular weight excluding hydrogens is 334 g/mol. The molecule has 8 nitrogen and oxygen atoms in total. The van der Waals surface area contributed by atoms with Crippen LogP contribution < -0.4 is 5.73 Å². The van der Waals surface area contributed by atoms with Gasteiger partial charge in [-0.15, -0.1) is 4.40 Å². The maximum absolute atomic E-state index is 12.1. The van der Waals surface area contributed by atoms with Gasteiger partial charge in [-0.2, -0.15) is 8.42 Å². The summed E-state index contributed by atoms with van der Waals surface area (Å²) in [5, 5.41) is 0. The third kappa shape index (κ3) is 3.12. The number of nitrogens with two attached hydrogens (primary N) is 1. The number of likely N-dealkylation sites (tertiary alicyclic amines) is 1. The number of carbonyl (C=O) groups is 2. The number of primary amides is 1. The van der Waals surface area contributed by atoms with E-state index in [0.717, 1.165) is 0 Å². The molecule has 0 bridgehead atoms. The van der Waals surface area contributed by atoms with E-state index in [-0.39, 0.29) is 4.90 Å². The summed E-state index contributed by atoms with van der Waals surface area (Å²) < 4.78 is 33.0. The zero-order valence-electron chi connectivity index (χ0n) is 12.8. The minimum atomic E-state index is -3.69. The van der Waals surface area contributed by atoms with E-state index < -0.39 is 34.4 Å². The first kappa shape index (κ1) is 16.4. The number of rotatable bonds is 3. The van der Waals surface area contributed by atoms with E-state index in [1.54, 1.807) is 23.1 Å². The van der Waals surface area contributed by atoms with Gasteiger partial charge in [0.1, 0.15) is 4.90 Å². The molecule has 2 N–H and O–H groups in total. The SMILES string of the molecule is NC(=O)COC(=O)C1CCCN(C2=NS(=O)(=O)c3ccccc32)C1. The van der Waals surface area contributed by atoms with Gasteiger partial charge in [0, 0.05) is 18.7 Å². The molecular formula is C15H17N3O5S. The summed E-state index contributed by atoms with van der Waals surface area (Å²) in [6.07, 6.45) is 1.30. The van der Waals surface area contributed by atoms with Gasteiger partial charge >= 0.3 is 5.97 Å². The van der Waals surface area contributed by atoms with Crippen molar-refractivity contribution in [3.63, 3.8) is 0 Å². The van der Waals surface area contributed by atoms with E-state index in [0.29, 0.717) is 37.3 Å². The van der Waals surface area contributed by atoms with Gasteiger partial charge in [-0.25, -0.2) is 0 Å². The van der Waals surface area contributed by atoms with Gasteiger partial charge in [-0.1, -0.05) is 12.1 Å². The maximum Gasteiger partial charge on any atom is 0.311 e. The largest absolute Gasteiger partial charge is 0.455 e. The highest BCUT2D eigenvalue weighted by Gasteiger charge is 2.35. The summed E-state index contributed by atoms with van der Waals surface area (Å²) in [6.45, 7) is 0.441. The lowest BCUT2D eigenvalue weighted by molar-refractivity contribution is -0.153. The van der Waals surface area contributed by atoms with Crippen LogP contribution in [-0.2, 0) is 24.3 Å². The van der Waals surface area contributed by atoms with Crippen LogP contribution in [0.25, 0.3) is 0 Å². The molecule has 128 valence electrons. The number of sulfonamides is 1. The molecule has 2 heterocycles. The normalized spacial score (nSPS) is 21.8. The van der Waals surface area contributed by atoms with E-state index in [2.05, 4.69) is 4.40 Å². The molecule has 2 aliphatic rings. The molecule has 1 saturated heterocycles. The van der Waals surface area contributed by atoms with Gasteiger partial charge < -0.3 is 15.4 Å². The standard InChI is InChI=1S/C15H17N3O5S/c16-13(19)9-23-15(20)10-4-3-7-18(8-10)14-11-5-1-2-6-12(11)24(21,22)17-14/h1-2,5-6,10H,3-4,7-9H2,(H2,16,19). The van der Waals surface area contributed by atoms with Crippen molar-refractivity contribution < 1.29 is 22.7 Å². The van der Waals surface area contributed by atoms with Crippen LogP contribution in [0.3, 0.4) is 0 Å². The molecule has 0 radical (unpaired) electrons. The zero-order chi connectivity index (χ0) is 17.3. The van der Waals surface area contributed by atoms with Crippen LogP contribution in [0.4, 0.5) is 0 Å². The Balaban J connectivity index is 1.79. The average Bonchev–Trinajstić information content (AvgIpc) is 2.85. The van der Waals surface area contributed by atoms with Crippen LogP contribution in [0.15, 0.2) is 33.6 Å². The van der Waals surface area contributed by atoms with E-state index in [1.165, 1.54) is 6.07 Å². The lowest BCUT2D eigenvalue weighted by Crippen LogP contribution is -2.43. The molecule has 0 spiro atoms. The molecule has 24 heavy (non-hydrogen) atoms. The first-order chi connectivity index (χ1) is 11.4. The van der Waals surface area contributed by atoms with Gasteiger partial charge in [-0.05, 0) is 25.0 Å². The first-order valence-corrected chi connectivity index (χ1v) is 8.97. The van der Waals surface area contributed by atoms with Crippen molar-refractivity contribution >= 4 is 27.7 Å². The molecule has 1 aromatic carbocycles. The predicted molar refractivity (Wildman–Crippen MR) is 84.6 cm³/mol. The Labute approximate surface area is 139 Å². The molecule has 9 heteroatoms. The van der Waals surface area contributed by atoms with Crippen molar-refractivity contribution in [2.24, 2.45) is 16.0 Å². The summed E-state index contributed by atoms with van der Waals surface area (Å²) in [5.74, 6) is -1.31. The van der Waals surface area contributed by atoms with Gasteiger partial charge in [0.15, 0.2) is 12.4 Å². The summed E-state index contributed by atoms with van der Waals surface area (Å²) in [5.41, 5.74) is 5.51. The summed E-state index contributed by atoms with van der Waals surface area (Å²) >= 11 is 0. The van der Waals surface area contributed by atoms with Crippen molar-refractivity contribution in [3.8, 4) is 0 Å². The summed E-state index contributed by atoms with van der Waals surface area (Å²) in [7, 11) is -3.69. The fourth-order valence-electron chi connectivity index (χ4n) is 2.94. The van der Waals surface area contributed by atoms with Crippen molar-refractivity contribution in [2.75, 3.05) is 19.7 Å². The smallest absolute Gasteiger partial charge is 0.311 e. The van der Waals surface area contributed by atoms with E-state index in [4.69, 9.17) is 10.5 Å². The number of amidine groups is 1. The van der Waals surface area contributed by atoms with Crippen LogP contribution >= 0.6 is 0 Å². The quantitative estimate of drug-likeness (QED) is 0.758. The van der Waals surface area contributed by atoms with E-state index in [1.807, 2.05) is 0 Å². The fourth-order valence-corrected chi connectivity index (χ4v) is 4.17. The van der Waals surface area contributed by atoms with Gasteiger partial charge in [-0.3, -0.25) is 9.59 Å². The highest BCUT2D eigenvalue weighted by atomic mass is 32.2. The maximum atomic E-state index is 12.1. The monoisotopic (exact) mass is 351 g/mol. The first-order valence-electron chi connectivity index (χ1n) is 7.53. The highest BCUT2D eigenvalue weighted by molar-refractivity contribution is 7.90. The van der Waals surface area contributed by atoms with Crippen molar-refractivity contribution in [3.05, 3.63) is 29.8 Å². The molecule has 1 aromatic rings. The Morgan fingerprint density at radius 1 is 1.33 bits per heavy atom. The number of piperidine rings is 1. The molecule has 1 fully saturated rings. The zero-order valence-corrected chi connectivity index (χ0v) is 13.7. The minimum Gasteiger partial charge on any atom is -0.455 e. The molecule has 1 atom stereocenters. The molecule has 0 aromatic heterocycles. The number of carbonyl (C=O) groups excluding carboxylic acids is 2. The van der Waals surface area contributed by atoms with Gasteiger partial charge in [0.2, 0.25) is 0 Å². The number of hydrogen-bond donors (Lipinski definition) is 1. The summed E-state index contributed by atoms with van der Waals surface area (Å²) in [4.78, 5) is 24.7. The number of esters is 1. The number of hydrogen-bond acceptors (Lipinski definition) is 6. The molecule has 3 rings (SSSR count). The highest BCUT2D eigenvalue weighted by Crippen LogP contribution is 2.29. The fraction of sp³-hybridized carbons (Fsp3) is 0.400. The van der Waals surface area contributed by atoms with Crippen LogP contribution in [0.5, 0.6) is 0 Å². The lowest BCUT2D eigenvalue weighted by Gasteiger charge is -2.32. The number of fused-ring (bicyclic) bond motifs is 1. The van der Waals surface area contributed by atoms with Crippen LogP contribution in [0, 0.1) is 5.92 Å². The number of amides is 1. The van der Waals surface area contributed by atoms with Crippen LogP contribution in [0.2, 0.25) is 0 Å². The van der Waals surface area contributed by atoms with Crippen molar-refractivity contribution in [1.29, 1.82) is 0 Å². The van der Waals surface area contributed by atoms with Crippen LogP contribution in [-0.4, -0.2) is 50.7 Å². The van der Waals surface area contributed by atoms with Gasteiger partial charge in [0.05, 0.1) is 5.92 Å². The number of nitrogens with zero attached hydrogens (tertiary/aromatic N) is 2. The lowest BCUT2D eigenvalue weighted by atomic mass is 9.97. The van der Waals surface area contributed by atoms with Crippen LogP contribution in [0.1, 0.15) is 18.4 Å². The van der Waals surface area contributed by atoms with Crippen molar-refractivity contribution in [2.45, 2.75) is 17.7 Å². The minimum absolute atomic E-state index is 0.179. The Bertz CT molecular complexity index is 818. The van der Waals surface area contributed by atoms with Gasteiger partial charge in [0.25, 0.3) is 15.9 Å². The Kier molecular flexibility index (Phi) is 4.27. The molecule has 1 unspecified atom stereocenters. The number of benzene rings is 1. The Morgan fingerprint density at radius 2 is 2.08 bits per heavy atom. The average molecular weight is 351 g/mol. The van der Waals surface area contributed by atoms with E-state index >= 15 is 0 Å². The second kappa shape index (κ2) is 6.23. The predicted octanol–water partition coefficient (Wildman–Crippen LogP) is -0.124. The molecule has 2 aliphatic heterocycles. The topological polar surface area (TPSA) is 119 Å². The third-order valence-electron chi connectivity index (χ3n) is 4.02. The Hall–Kier alpha value is -2.42. The number of ether oxygens (including phenoxy) is 1. The summed E-state index contributed by atoms with van der Waals surface area (Å²) in [6, 6.07) is 6.62. The molecule has 1 amide bonds. The second-order valence-electron chi connectivity index (χ2n) is 5.75. The molecule has 0 aliphatic carbocycles. The van der Waals surface area contributed by atoms with E-state index in [9.17, 15) is 18.0 Å². The second-order valence-corrected chi connectivity index (χ2v) is 7.32.